The Morgan fingerprint density at radius 2 is 1.73 bits per heavy atom. The zero-order valence-corrected chi connectivity index (χ0v) is 21.3. The van der Waals surface area contributed by atoms with Crippen LogP contribution < -0.4 is 9.62 Å². The molecule has 33 heavy (non-hydrogen) atoms. The molecule has 0 radical (unpaired) electrons. The van der Waals surface area contributed by atoms with Crippen molar-refractivity contribution >= 4 is 50.7 Å². The van der Waals surface area contributed by atoms with Crippen LogP contribution in [-0.2, 0) is 26.2 Å². The zero-order valence-electron chi connectivity index (χ0n) is 18.9. The van der Waals surface area contributed by atoms with E-state index in [1.165, 1.54) is 17.0 Å². The van der Waals surface area contributed by atoms with E-state index in [4.69, 9.17) is 23.2 Å². The largest absolute Gasteiger partial charge is 0.354 e. The number of nitrogens with one attached hydrogen (secondary N) is 1. The van der Waals surface area contributed by atoms with Crippen LogP contribution in [0.4, 0.5) is 5.69 Å². The van der Waals surface area contributed by atoms with Gasteiger partial charge >= 0.3 is 0 Å². The van der Waals surface area contributed by atoms with Gasteiger partial charge < -0.3 is 10.2 Å². The van der Waals surface area contributed by atoms with Gasteiger partial charge in [-0.15, -0.1) is 0 Å². The van der Waals surface area contributed by atoms with Crippen molar-refractivity contribution in [3.8, 4) is 0 Å². The third-order valence-electron chi connectivity index (χ3n) is 5.03. The first kappa shape index (κ1) is 27.0. The third-order valence-corrected chi connectivity index (χ3v) is 6.66. The lowest BCUT2D eigenvalue weighted by molar-refractivity contribution is -0.139. The van der Waals surface area contributed by atoms with Crippen LogP contribution in [0.3, 0.4) is 0 Å². The number of hydrogen-bond acceptors (Lipinski definition) is 4. The molecule has 2 rings (SSSR count). The lowest BCUT2D eigenvalue weighted by atomic mass is 10.1. The van der Waals surface area contributed by atoms with Crippen LogP contribution in [0.25, 0.3) is 0 Å². The van der Waals surface area contributed by atoms with E-state index in [1.54, 1.807) is 43.3 Å². The number of sulfonamides is 1. The fourth-order valence-corrected chi connectivity index (χ4v) is 4.36. The maximum Gasteiger partial charge on any atom is 0.244 e. The van der Waals surface area contributed by atoms with Gasteiger partial charge in [-0.1, -0.05) is 48.7 Å². The Hall–Kier alpha value is -2.29. The Morgan fingerprint density at radius 1 is 1.06 bits per heavy atom. The predicted molar refractivity (Wildman–Crippen MR) is 133 cm³/mol. The molecule has 0 unspecified atom stereocenters. The van der Waals surface area contributed by atoms with Crippen molar-refractivity contribution in [3.05, 3.63) is 64.1 Å². The number of unbranched alkanes of at least 4 members (excludes halogenated alkanes) is 1. The van der Waals surface area contributed by atoms with Crippen LogP contribution in [-0.4, -0.2) is 50.5 Å². The van der Waals surface area contributed by atoms with E-state index in [0.717, 1.165) is 29.0 Å². The molecular formula is C23H29Cl2N3O4S. The quantitative estimate of drug-likeness (QED) is 0.458. The molecule has 7 nitrogen and oxygen atoms in total. The highest BCUT2D eigenvalue weighted by atomic mass is 35.5. The number of halogens is 2. The van der Waals surface area contributed by atoms with Gasteiger partial charge in [-0.25, -0.2) is 8.42 Å². The standard InChI is InChI=1S/C23H29Cl2N3O4S/c1-4-5-13-26-23(30)17(2)27(15-18-7-6-8-20(25)14-18)22(29)16-28(33(3,31)32)21-11-9-19(24)10-12-21/h6-12,14,17H,4-5,13,15-16H2,1-3H3,(H,26,30)/t17-/m0/s1. The minimum atomic E-state index is -3.78. The number of nitrogens with zero attached hydrogens (tertiary/aromatic N) is 2. The van der Waals surface area contributed by atoms with Gasteiger partial charge in [0.2, 0.25) is 21.8 Å². The smallest absolute Gasteiger partial charge is 0.244 e. The molecule has 0 heterocycles. The summed E-state index contributed by atoms with van der Waals surface area (Å²) >= 11 is 12.0. The molecule has 0 spiro atoms. The lowest BCUT2D eigenvalue weighted by Gasteiger charge is -2.31. The Kier molecular flexibility index (Phi) is 10.0. The number of benzene rings is 2. The van der Waals surface area contributed by atoms with E-state index in [9.17, 15) is 18.0 Å². The fourth-order valence-electron chi connectivity index (χ4n) is 3.17. The number of hydrogen-bond donors (Lipinski definition) is 1. The first-order chi connectivity index (χ1) is 15.5. The predicted octanol–water partition coefficient (Wildman–Crippen LogP) is 4.09. The van der Waals surface area contributed by atoms with Crippen molar-refractivity contribution < 1.29 is 18.0 Å². The van der Waals surface area contributed by atoms with E-state index in [1.807, 2.05) is 6.92 Å². The molecule has 0 saturated heterocycles. The van der Waals surface area contributed by atoms with Crippen molar-refractivity contribution in [1.82, 2.24) is 10.2 Å². The monoisotopic (exact) mass is 513 g/mol. The van der Waals surface area contributed by atoms with E-state index >= 15 is 0 Å². The minimum Gasteiger partial charge on any atom is -0.354 e. The van der Waals surface area contributed by atoms with Crippen LogP contribution in [0.1, 0.15) is 32.3 Å². The summed E-state index contributed by atoms with van der Waals surface area (Å²) in [5.74, 6) is -0.829. The molecule has 2 amide bonds. The molecule has 0 aliphatic rings. The number of anilines is 1. The second-order valence-corrected chi connectivity index (χ2v) is 10.5. The Labute approximate surface area is 205 Å². The summed E-state index contributed by atoms with van der Waals surface area (Å²) in [4.78, 5) is 27.5. The summed E-state index contributed by atoms with van der Waals surface area (Å²) in [5, 5.41) is 3.77. The maximum atomic E-state index is 13.4. The van der Waals surface area contributed by atoms with Crippen LogP contribution in [0.15, 0.2) is 48.5 Å². The van der Waals surface area contributed by atoms with Gasteiger partial charge in [0.05, 0.1) is 11.9 Å². The molecule has 2 aromatic rings. The SMILES string of the molecule is CCCCNC(=O)[C@H](C)N(Cc1cccc(Cl)c1)C(=O)CN(c1ccc(Cl)cc1)S(C)(=O)=O. The second kappa shape index (κ2) is 12.3. The van der Waals surface area contributed by atoms with Crippen molar-refractivity contribution in [3.63, 3.8) is 0 Å². The van der Waals surface area contributed by atoms with E-state index in [0.29, 0.717) is 22.3 Å². The fraction of sp³-hybridized carbons (Fsp3) is 0.391. The van der Waals surface area contributed by atoms with E-state index in [2.05, 4.69) is 5.32 Å². The van der Waals surface area contributed by atoms with E-state index in [-0.39, 0.29) is 12.5 Å². The van der Waals surface area contributed by atoms with Crippen LogP contribution in [0.2, 0.25) is 10.0 Å². The number of carbonyl (C=O) groups excluding carboxylic acids is 2. The highest BCUT2D eigenvalue weighted by Crippen LogP contribution is 2.22. The Morgan fingerprint density at radius 3 is 2.30 bits per heavy atom. The Balaban J connectivity index is 2.33. The van der Waals surface area contributed by atoms with Crippen molar-refractivity contribution in [2.75, 3.05) is 23.7 Å². The molecule has 1 N–H and O–H groups in total. The Bertz CT molecular complexity index is 1060. The van der Waals surface area contributed by atoms with Gasteiger partial charge in [-0.05, 0) is 55.3 Å². The first-order valence-electron chi connectivity index (χ1n) is 10.6. The normalized spacial score (nSPS) is 12.2. The molecule has 0 fully saturated rings. The van der Waals surface area contributed by atoms with Gasteiger partial charge in [0.25, 0.3) is 0 Å². The summed E-state index contributed by atoms with van der Waals surface area (Å²) < 4.78 is 26.0. The van der Waals surface area contributed by atoms with Crippen molar-refractivity contribution in [2.24, 2.45) is 0 Å². The second-order valence-electron chi connectivity index (χ2n) is 7.72. The molecular weight excluding hydrogens is 485 g/mol. The molecule has 2 aromatic carbocycles. The molecule has 180 valence electrons. The summed E-state index contributed by atoms with van der Waals surface area (Å²) in [6.07, 6.45) is 2.76. The lowest BCUT2D eigenvalue weighted by Crippen LogP contribution is -2.51. The van der Waals surface area contributed by atoms with Crippen molar-refractivity contribution in [1.29, 1.82) is 0 Å². The highest BCUT2D eigenvalue weighted by Gasteiger charge is 2.30. The van der Waals surface area contributed by atoms with Crippen LogP contribution in [0, 0.1) is 0 Å². The molecule has 0 aromatic heterocycles. The van der Waals surface area contributed by atoms with Gasteiger partial charge in [0.15, 0.2) is 0 Å². The highest BCUT2D eigenvalue weighted by molar-refractivity contribution is 7.92. The number of amides is 2. The number of rotatable bonds is 11. The van der Waals surface area contributed by atoms with Crippen LogP contribution >= 0.6 is 23.2 Å². The summed E-state index contributed by atoms with van der Waals surface area (Å²) in [6, 6.07) is 12.3. The number of carbonyl (C=O) groups is 2. The molecule has 1 atom stereocenters. The molecule has 0 bridgehead atoms. The average Bonchev–Trinajstić information content (AvgIpc) is 2.75. The molecule has 10 heteroatoms. The summed E-state index contributed by atoms with van der Waals surface area (Å²) in [5.41, 5.74) is 1.03. The summed E-state index contributed by atoms with van der Waals surface area (Å²) in [7, 11) is -3.78. The first-order valence-corrected chi connectivity index (χ1v) is 13.2. The minimum absolute atomic E-state index is 0.0972. The topological polar surface area (TPSA) is 86.8 Å². The van der Waals surface area contributed by atoms with Gasteiger partial charge in [-0.3, -0.25) is 13.9 Å². The zero-order chi connectivity index (χ0) is 24.6. The van der Waals surface area contributed by atoms with E-state index < -0.39 is 28.5 Å². The maximum absolute atomic E-state index is 13.4. The molecule has 0 saturated carbocycles. The summed E-state index contributed by atoms with van der Waals surface area (Å²) in [6.45, 7) is 3.77. The molecule has 0 aliphatic carbocycles. The van der Waals surface area contributed by atoms with Crippen molar-refractivity contribution in [2.45, 2.75) is 39.3 Å². The molecule has 0 aliphatic heterocycles. The van der Waals surface area contributed by atoms with Gasteiger partial charge in [-0.2, -0.15) is 0 Å². The van der Waals surface area contributed by atoms with Gasteiger partial charge in [0, 0.05) is 23.1 Å². The van der Waals surface area contributed by atoms with Crippen LogP contribution in [0.5, 0.6) is 0 Å². The van der Waals surface area contributed by atoms with Gasteiger partial charge in [0.1, 0.15) is 12.6 Å². The average molecular weight is 514 g/mol. The third kappa shape index (κ3) is 8.21.